The summed E-state index contributed by atoms with van der Waals surface area (Å²) in [6.45, 7) is 0. The van der Waals surface area contributed by atoms with E-state index in [2.05, 4.69) is 10.6 Å². The van der Waals surface area contributed by atoms with E-state index in [-0.39, 0.29) is 18.0 Å². The van der Waals surface area contributed by atoms with Crippen LogP contribution in [0.3, 0.4) is 0 Å². The zero-order valence-corrected chi connectivity index (χ0v) is 11.5. The first-order chi connectivity index (χ1) is 9.63. The Morgan fingerprint density at radius 2 is 1.60 bits per heavy atom. The molecule has 4 aliphatic rings. The summed E-state index contributed by atoms with van der Waals surface area (Å²) in [6.07, 6.45) is 6.14. The molecule has 4 aliphatic carbocycles. The van der Waals surface area contributed by atoms with E-state index in [0.717, 1.165) is 30.1 Å². The van der Waals surface area contributed by atoms with Crippen molar-refractivity contribution in [1.82, 2.24) is 10.6 Å². The maximum absolute atomic E-state index is 12.0. The van der Waals surface area contributed by atoms with Gasteiger partial charge in [-0.1, -0.05) is 0 Å². The van der Waals surface area contributed by atoms with Crippen LogP contribution in [0.1, 0.15) is 38.5 Å². The van der Waals surface area contributed by atoms with Crippen LogP contribution in [-0.4, -0.2) is 29.2 Å². The molecule has 3 N–H and O–H groups in total. The highest BCUT2D eigenvalue weighted by Crippen LogP contribution is 2.65. The van der Waals surface area contributed by atoms with Gasteiger partial charge >= 0.3 is 12.0 Å². The van der Waals surface area contributed by atoms with Crippen LogP contribution < -0.4 is 10.6 Å². The number of urea groups is 1. The van der Waals surface area contributed by atoms with Crippen molar-refractivity contribution < 1.29 is 14.7 Å². The van der Waals surface area contributed by atoms with Crippen LogP contribution in [0.15, 0.2) is 0 Å². The van der Waals surface area contributed by atoms with E-state index in [9.17, 15) is 9.59 Å². The van der Waals surface area contributed by atoms with Crippen molar-refractivity contribution in [3.05, 3.63) is 0 Å². The first-order valence-electron chi connectivity index (χ1n) is 7.93. The summed E-state index contributed by atoms with van der Waals surface area (Å²) in [5.74, 6) is 2.19. The van der Waals surface area contributed by atoms with Gasteiger partial charge in [-0.15, -0.1) is 0 Å². The molecule has 110 valence electrons. The lowest BCUT2D eigenvalue weighted by molar-refractivity contribution is -0.141. The topological polar surface area (TPSA) is 78.4 Å². The van der Waals surface area contributed by atoms with E-state index in [4.69, 9.17) is 5.11 Å². The summed E-state index contributed by atoms with van der Waals surface area (Å²) < 4.78 is 0. The first kappa shape index (κ1) is 12.5. The van der Waals surface area contributed by atoms with E-state index in [0.29, 0.717) is 18.9 Å². The molecule has 0 saturated heterocycles. The van der Waals surface area contributed by atoms with Gasteiger partial charge in [0.05, 0.1) is 5.92 Å². The van der Waals surface area contributed by atoms with E-state index in [1.54, 1.807) is 0 Å². The van der Waals surface area contributed by atoms with Gasteiger partial charge < -0.3 is 15.7 Å². The Morgan fingerprint density at radius 1 is 0.900 bits per heavy atom. The largest absolute Gasteiger partial charge is 0.481 e. The molecule has 0 heterocycles. The molecular formula is C15H22N2O3. The number of hydrogen-bond acceptors (Lipinski definition) is 2. The predicted octanol–water partition coefficient (Wildman–Crippen LogP) is 1.58. The second kappa shape index (κ2) is 4.37. The standard InChI is InChI=1S/C15H22N2O3/c18-14(19)9-3-4-10(6-9)16-15(20)17-13-11-7-1-2-8(5-7)12(11)13/h7-13H,1-6H2,(H,18,19)(H2,16,17,20). The number of fused-ring (bicyclic) bond motifs is 5. The lowest BCUT2D eigenvalue weighted by Crippen LogP contribution is -2.43. The van der Waals surface area contributed by atoms with Crippen molar-refractivity contribution in [2.75, 3.05) is 0 Å². The molecule has 2 bridgehead atoms. The minimum Gasteiger partial charge on any atom is -0.481 e. The Morgan fingerprint density at radius 3 is 2.20 bits per heavy atom. The number of carboxylic acids is 1. The summed E-state index contributed by atoms with van der Waals surface area (Å²) in [4.78, 5) is 22.9. The van der Waals surface area contributed by atoms with Gasteiger partial charge in [-0.25, -0.2) is 4.79 Å². The van der Waals surface area contributed by atoms with Crippen molar-refractivity contribution in [3.8, 4) is 0 Å². The molecule has 4 fully saturated rings. The highest BCUT2D eigenvalue weighted by molar-refractivity contribution is 5.76. The molecule has 6 unspecified atom stereocenters. The molecule has 4 saturated carbocycles. The Bertz CT molecular complexity index is 436. The maximum atomic E-state index is 12.0. The smallest absolute Gasteiger partial charge is 0.315 e. The van der Waals surface area contributed by atoms with Gasteiger partial charge in [0, 0.05) is 12.1 Å². The van der Waals surface area contributed by atoms with E-state index in [1.165, 1.54) is 19.3 Å². The van der Waals surface area contributed by atoms with E-state index < -0.39 is 5.97 Å². The average Bonchev–Trinajstić information content (AvgIpc) is 2.83. The van der Waals surface area contributed by atoms with Gasteiger partial charge in [0.2, 0.25) is 0 Å². The highest BCUT2D eigenvalue weighted by atomic mass is 16.4. The first-order valence-corrected chi connectivity index (χ1v) is 7.93. The Hall–Kier alpha value is -1.26. The number of nitrogens with one attached hydrogen (secondary N) is 2. The number of carbonyl (C=O) groups is 2. The third-order valence-electron chi connectivity index (χ3n) is 6.15. The zero-order chi connectivity index (χ0) is 13.9. The third-order valence-corrected chi connectivity index (χ3v) is 6.15. The van der Waals surface area contributed by atoms with Gasteiger partial charge in [0.25, 0.3) is 0 Å². The fraction of sp³-hybridized carbons (Fsp3) is 0.867. The molecule has 6 atom stereocenters. The van der Waals surface area contributed by atoms with Crippen molar-refractivity contribution in [2.45, 2.75) is 50.6 Å². The van der Waals surface area contributed by atoms with Gasteiger partial charge in [-0.05, 0) is 62.2 Å². The second-order valence-electron chi connectivity index (χ2n) is 7.18. The fourth-order valence-electron chi connectivity index (χ4n) is 5.23. The molecule has 0 aromatic heterocycles. The molecule has 0 aliphatic heterocycles. The highest BCUT2D eigenvalue weighted by Gasteiger charge is 2.65. The molecule has 20 heavy (non-hydrogen) atoms. The SMILES string of the molecule is O=C(NC1CCC(C(=O)O)C1)NC1C2C3CCC(C3)C12. The number of amides is 2. The summed E-state index contributed by atoms with van der Waals surface area (Å²) in [5, 5.41) is 15.1. The molecule has 5 heteroatoms. The van der Waals surface area contributed by atoms with Crippen molar-refractivity contribution >= 4 is 12.0 Å². The monoisotopic (exact) mass is 278 g/mol. The Balaban J connectivity index is 1.25. The average molecular weight is 278 g/mol. The van der Waals surface area contributed by atoms with Crippen molar-refractivity contribution in [2.24, 2.45) is 29.6 Å². The van der Waals surface area contributed by atoms with Gasteiger partial charge in [0.15, 0.2) is 0 Å². The number of rotatable bonds is 3. The summed E-state index contributed by atoms with van der Waals surface area (Å²) >= 11 is 0. The van der Waals surface area contributed by atoms with E-state index >= 15 is 0 Å². The van der Waals surface area contributed by atoms with Crippen molar-refractivity contribution in [1.29, 1.82) is 0 Å². The number of carbonyl (C=O) groups excluding carboxylic acids is 1. The summed E-state index contributed by atoms with van der Waals surface area (Å²) in [6, 6.07) is 0.351. The molecule has 0 aromatic carbocycles. The van der Waals surface area contributed by atoms with Crippen LogP contribution in [0.2, 0.25) is 0 Å². The van der Waals surface area contributed by atoms with Crippen LogP contribution in [0.5, 0.6) is 0 Å². The molecule has 0 spiro atoms. The van der Waals surface area contributed by atoms with Crippen molar-refractivity contribution in [3.63, 3.8) is 0 Å². The normalized spacial score (nSPS) is 47.9. The molecule has 0 aromatic rings. The van der Waals surface area contributed by atoms with Gasteiger partial charge in [-0.2, -0.15) is 0 Å². The minimum atomic E-state index is -0.733. The van der Waals surface area contributed by atoms with Crippen LogP contribution in [0.25, 0.3) is 0 Å². The lowest BCUT2D eigenvalue weighted by Gasteiger charge is -2.15. The number of hydrogen-bond donors (Lipinski definition) is 3. The second-order valence-corrected chi connectivity index (χ2v) is 7.18. The third kappa shape index (κ3) is 1.90. The van der Waals surface area contributed by atoms with Crippen LogP contribution in [0.4, 0.5) is 4.79 Å². The maximum Gasteiger partial charge on any atom is 0.315 e. The Labute approximate surface area is 118 Å². The molecule has 0 radical (unpaired) electrons. The van der Waals surface area contributed by atoms with Crippen LogP contribution in [0, 0.1) is 29.6 Å². The summed E-state index contributed by atoms with van der Waals surface area (Å²) in [7, 11) is 0. The summed E-state index contributed by atoms with van der Waals surface area (Å²) in [5.41, 5.74) is 0. The number of aliphatic carboxylic acids is 1. The molecular weight excluding hydrogens is 256 g/mol. The van der Waals surface area contributed by atoms with Gasteiger partial charge in [0.1, 0.15) is 0 Å². The minimum absolute atomic E-state index is 0.0337. The van der Waals surface area contributed by atoms with Crippen LogP contribution in [-0.2, 0) is 4.79 Å². The lowest BCUT2D eigenvalue weighted by atomic mass is 10.0. The Kier molecular flexibility index (Phi) is 2.72. The van der Waals surface area contributed by atoms with Gasteiger partial charge in [-0.3, -0.25) is 4.79 Å². The molecule has 5 nitrogen and oxygen atoms in total. The van der Waals surface area contributed by atoms with Crippen LogP contribution >= 0.6 is 0 Å². The fourth-order valence-corrected chi connectivity index (χ4v) is 5.23. The van der Waals surface area contributed by atoms with E-state index in [1.807, 2.05) is 0 Å². The zero-order valence-electron chi connectivity index (χ0n) is 11.5. The predicted molar refractivity (Wildman–Crippen MR) is 72.0 cm³/mol. The quantitative estimate of drug-likeness (QED) is 0.733. The number of carboxylic acid groups (broad SMARTS) is 1. The molecule has 2 amide bonds. The molecule has 4 rings (SSSR count).